The minimum Gasteiger partial charge on any atom is -0.497 e. The number of piperazine rings is 1. The first-order valence-corrected chi connectivity index (χ1v) is 11.4. The second kappa shape index (κ2) is 9.16. The Bertz CT molecular complexity index is 1270. The lowest BCUT2D eigenvalue weighted by molar-refractivity contribution is -0.129. The van der Waals surface area contributed by atoms with Gasteiger partial charge in [-0.15, -0.1) is 0 Å². The third-order valence-corrected chi connectivity index (χ3v) is 6.47. The van der Waals surface area contributed by atoms with Crippen LogP contribution in [0.2, 0.25) is 0 Å². The number of benzene rings is 1. The maximum absolute atomic E-state index is 13.4. The standard InChI is InChI=1S/C24H26N6O5/c1-35-19-5-2-17(3-6-19)15-30-22(31)8-9-28(23(30)32)21-14-25-20-7-4-18(16-29(20)21)26-10-12-27(13-11-26)24(33)34/h2-7,14,16H,8-13,15H2,1H3,(H,33,34). The van der Waals surface area contributed by atoms with E-state index in [1.807, 2.05) is 34.9 Å². The number of aromatic nitrogens is 2. The molecule has 0 unspecified atom stereocenters. The Balaban J connectivity index is 1.38. The van der Waals surface area contributed by atoms with Crippen LogP contribution in [-0.4, -0.2) is 82.2 Å². The lowest BCUT2D eigenvalue weighted by Gasteiger charge is -2.35. The number of imidazole rings is 1. The van der Waals surface area contributed by atoms with Crippen LogP contribution < -0.4 is 14.5 Å². The van der Waals surface area contributed by atoms with Crippen molar-refractivity contribution in [2.75, 3.05) is 49.6 Å². The van der Waals surface area contributed by atoms with Gasteiger partial charge in [-0.1, -0.05) is 12.1 Å². The van der Waals surface area contributed by atoms with Gasteiger partial charge in [0.1, 0.15) is 17.2 Å². The summed E-state index contributed by atoms with van der Waals surface area (Å²) in [6.07, 6.45) is 2.85. The summed E-state index contributed by atoms with van der Waals surface area (Å²) in [5, 5.41) is 9.19. The summed E-state index contributed by atoms with van der Waals surface area (Å²) in [5.41, 5.74) is 2.42. The van der Waals surface area contributed by atoms with Crippen molar-refractivity contribution in [2.45, 2.75) is 13.0 Å². The van der Waals surface area contributed by atoms with Crippen molar-refractivity contribution in [3.63, 3.8) is 0 Å². The third kappa shape index (κ3) is 4.32. The third-order valence-electron chi connectivity index (χ3n) is 6.47. The van der Waals surface area contributed by atoms with Gasteiger partial charge in [-0.05, 0) is 29.8 Å². The SMILES string of the molecule is COc1ccc(CN2C(=O)CCN(c3cnc4ccc(N5CCN(C(=O)O)CC5)cn34)C2=O)cc1. The zero-order valence-electron chi connectivity index (χ0n) is 19.3. The van der Waals surface area contributed by atoms with Crippen LogP contribution in [0, 0.1) is 0 Å². The number of pyridine rings is 1. The van der Waals surface area contributed by atoms with Crippen molar-refractivity contribution < 1.29 is 24.2 Å². The second-order valence-corrected chi connectivity index (χ2v) is 8.50. The van der Waals surface area contributed by atoms with Gasteiger partial charge in [0.2, 0.25) is 5.91 Å². The molecule has 35 heavy (non-hydrogen) atoms. The van der Waals surface area contributed by atoms with Crippen molar-refractivity contribution in [2.24, 2.45) is 0 Å². The Morgan fingerprint density at radius 1 is 1.03 bits per heavy atom. The molecule has 1 aromatic carbocycles. The Morgan fingerprint density at radius 3 is 2.46 bits per heavy atom. The molecule has 2 aliphatic heterocycles. The predicted octanol–water partition coefficient (Wildman–Crippen LogP) is 2.50. The van der Waals surface area contributed by atoms with Gasteiger partial charge in [0.25, 0.3) is 0 Å². The molecule has 4 heterocycles. The van der Waals surface area contributed by atoms with Crippen molar-refractivity contribution in [1.29, 1.82) is 0 Å². The number of fused-ring (bicyclic) bond motifs is 1. The van der Waals surface area contributed by atoms with Crippen LogP contribution in [0.4, 0.5) is 21.1 Å². The first kappa shape index (κ1) is 22.5. The minimum atomic E-state index is -0.908. The van der Waals surface area contributed by atoms with Crippen molar-refractivity contribution in [3.05, 3.63) is 54.4 Å². The lowest BCUT2D eigenvalue weighted by atomic mass is 10.2. The van der Waals surface area contributed by atoms with E-state index >= 15 is 0 Å². The molecule has 4 amide bonds. The highest BCUT2D eigenvalue weighted by Gasteiger charge is 2.34. The molecule has 0 atom stereocenters. The van der Waals surface area contributed by atoms with E-state index in [0.29, 0.717) is 43.4 Å². The van der Waals surface area contributed by atoms with Crippen LogP contribution in [0.3, 0.4) is 0 Å². The number of carboxylic acid groups (broad SMARTS) is 1. The number of imide groups is 1. The highest BCUT2D eigenvalue weighted by molar-refractivity contribution is 6.05. The summed E-state index contributed by atoms with van der Waals surface area (Å²) in [6.45, 7) is 2.46. The number of ether oxygens (including phenoxy) is 1. The van der Waals surface area contributed by atoms with Crippen molar-refractivity contribution in [1.82, 2.24) is 19.2 Å². The first-order chi connectivity index (χ1) is 16.9. The zero-order valence-corrected chi connectivity index (χ0v) is 19.3. The molecule has 0 spiro atoms. The normalized spacial score (nSPS) is 16.8. The number of amides is 4. The van der Waals surface area contributed by atoms with Gasteiger partial charge in [0.15, 0.2) is 0 Å². The van der Waals surface area contributed by atoms with E-state index in [1.54, 1.807) is 30.3 Å². The molecule has 0 saturated carbocycles. The van der Waals surface area contributed by atoms with E-state index in [0.717, 1.165) is 11.3 Å². The van der Waals surface area contributed by atoms with Gasteiger partial charge >= 0.3 is 12.1 Å². The predicted molar refractivity (Wildman–Crippen MR) is 128 cm³/mol. The number of anilines is 2. The summed E-state index contributed by atoms with van der Waals surface area (Å²) in [6, 6.07) is 10.7. The largest absolute Gasteiger partial charge is 0.497 e. The van der Waals surface area contributed by atoms with E-state index < -0.39 is 6.09 Å². The molecule has 2 aromatic heterocycles. The fraction of sp³-hybridized carbons (Fsp3) is 0.333. The van der Waals surface area contributed by atoms with Crippen LogP contribution in [-0.2, 0) is 11.3 Å². The van der Waals surface area contributed by atoms with Gasteiger partial charge in [0, 0.05) is 45.3 Å². The Morgan fingerprint density at radius 2 is 1.77 bits per heavy atom. The number of hydrogen-bond donors (Lipinski definition) is 1. The van der Waals surface area contributed by atoms with Crippen LogP contribution in [0.5, 0.6) is 5.75 Å². The molecule has 0 aliphatic carbocycles. The summed E-state index contributed by atoms with van der Waals surface area (Å²) in [5.74, 6) is 1.08. The van der Waals surface area contributed by atoms with Crippen molar-refractivity contribution >= 4 is 35.2 Å². The smallest absolute Gasteiger partial charge is 0.407 e. The van der Waals surface area contributed by atoms with E-state index in [4.69, 9.17) is 4.74 Å². The molecule has 5 rings (SSSR count). The number of methoxy groups -OCH3 is 1. The van der Waals surface area contributed by atoms with Gasteiger partial charge < -0.3 is 19.6 Å². The van der Waals surface area contributed by atoms with E-state index in [1.165, 1.54) is 9.80 Å². The summed E-state index contributed by atoms with van der Waals surface area (Å²) in [7, 11) is 1.59. The van der Waals surface area contributed by atoms with E-state index in [2.05, 4.69) is 9.88 Å². The number of hydrogen-bond acceptors (Lipinski definition) is 6. The average molecular weight is 479 g/mol. The summed E-state index contributed by atoms with van der Waals surface area (Å²) in [4.78, 5) is 48.0. The number of carbonyl (C=O) groups excluding carboxylic acids is 2. The molecule has 11 nitrogen and oxygen atoms in total. The topological polar surface area (TPSA) is 111 Å². The quantitative estimate of drug-likeness (QED) is 0.600. The monoisotopic (exact) mass is 478 g/mol. The highest BCUT2D eigenvalue weighted by atomic mass is 16.5. The molecule has 0 radical (unpaired) electrons. The average Bonchev–Trinajstić information content (AvgIpc) is 3.30. The van der Waals surface area contributed by atoms with Crippen LogP contribution in [0.25, 0.3) is 5.65 Å². The Kier molecular flexibility index (Phi) is 5.89. The minimum absolute atomic E-state index is 0.175. The molecule has 0 bridgehead atoms. The maximum atomic E-state index is 13.4. The molecule has 1 N–H and O–H groups in total. The molecule has 2 saturated heterocycles. The van der Waals surface area contributed by atoms with Gasteiger partial charge in [0.05, 0.1) is 25.5 Å². The molecule has 2 aliphatic rings. The van der Waals surface area contributed by atoms with Gasteiger partial charge in [-0.25, -0.2) is 14.6 Å². The van der Waals surface area contributed by atoms with Crippen LogP contribution in [0.15, 0.2) is 48.8 Å². The summed E-state index contributed by atoms with van der Waals surface area (Å²) >= 11 is 0. The molecule has 2 fully saturated rings. The Hall–Kier alpha value is -4.28. The number of nitrogens with zero attached hydrogens (tertiary/aromatic N) is 6. The molecule has 3 aromatic rings. The van der Waals surface area contributed by atoms with E-state index in [-0.39, 0.29) is 31.4 Å². The first-order valence-electron chi connectivity index (χ1n) is 11.4. The van der Waals surface area contributed by atoms with Gasteiger partial charge in [-0.2, -0.15) is 0 Å². The van der Waals surface area contributed by atoms with Crippen LogP contribution in [0.1, 0.15) is 12.0 Å². The Labute approximate surface area is 201 Å². The number of rotatable bonds is 5. The fourth-order valence-electron chi connectivity index (χ4n) is 4.47. The fourth-order valence-corrected chi connectivity index (χ4v) is 4.47. The second-order valence-electron chi connectivity index (χ2n) is 8.50. The number of urea groups is 1. The highest BCUT2D eigenvalue weighted by Crippen LogP contribution is 2.26. The molecular weight excluding hydrogens is 452 g/mol. The van der Waals surface area contributed by atoms with Crippen molar-refractivity contribution in [3.8, 4) is 5.75 Å². The van der Waals surface area contributed by atoms with E-state index in [9.17, 15) is 19.5 Å². The van der Waals surface area contributed by atoms with Crippen LogP contribution >= 0.6 is 0 Å². The molecule has 11 heteroatoms. The lowest BCUT2D eigenvalue weighted by Crippen LogP contribution is -2.52. The number of carbonyl (C=O) groups is 3. The molecule has 182 valence electrons. The zero-order chi connectivity index (χ0) is 24.5. The summed E-state index contributed by atoms with van der Waals surface area (Å²) < 4.78 is 7.03. The maximum Gasteiger partial charge on any atom is 0.407 e. The van der Waals surface area contributed by atoms with Gasteiger partial charge in [-0.3, -0.25) is 19.0 Å². The molecular formula is C24H26N6O5.